The summed E-state index contributed by atoms with van der Waals surface area (Å²) in [5.41, 5.74) is 1.50. The predicted octanol–water partition coefficient (Wildman–Crippen LogP) is 4.63. The molecule has 1 aliphatic rings. The molecule has 0 aromatic heterocycles. The first kappa shape index (κ1) is 17.6. The number of hydrogen-bond acceptors (Lipinski definition) is 3. The van der Waals surface area contributed by atoms with Gasteiger partial charge in [0.15, 0.2) is 0 Å². The van der Waals surface area contributed by atoms with Crippen LogP contribution in [-0.2, 0) is 0 Å². The van der Waals surface area contributed by atoms with Gasteiger partial charge in [0.1, 0.15) is 11.5 Å². The minimum Gasteiger partial charge on any atom is -0.493 e. The molecule has 3 rings (SSSR count). The Morgan fingerprint density at radius 3 is 2.96 bits per heavy atom. The number of nitrogens with one attached hydrogen (secondary N) is 1. The molecular weight excluding hydrogens is 338 g/mol. The zero-order valence-electron chi connectivity index (χ0n) is 14.4. The Hall–Kier alpha value is -2.20. The molecule has 4 nitrogen and oxygen atoms in total. The van der Waals surface area contributed by atoms with E-state index in [9.17, 15) is 4.79 Å². The normalized spacial score (nSPS) is 16.1. The lowest BCUT2D eigenvalue weighted by molar-refractivity contribution is 0.0924. The molecule has 1 unspecified atom stereocenters. The second-order valence-electron chi connectivity index (χ2n) is 6.58. The van der Waals surface area contributed by atoms with Crippen LogP contribution in [0.25, 0.3) is 0 Å². The minimum absolute atomic E-state index is 0.116. The van der Waals surface area contributed by atoms with Gasteiger partial charge in [0.25, 0.3) is 5.91 Å². The van der Waals surface area contributed by atoms with Gasteiger partial charge in [0.05, 0.1) is 19.3 Å². The zero-order chi connectivity index (χ0) is 17.8. The first-order chi connectivity index (χ1) is 12.0. The molecule has 2 aromatic carbocycles. The number of ether oxygens (including phenoxy) is 2. The zero-order valence-corrected chi connectivity index (χ0v) is 15.2. The molecule has 0 aliphatic carbocycles. The standard InChI is InChI=1S/C20H22ClNO3/c1-13(2)12-25-16-5-3-4-14(10-16)20(23)22-18-8-9-24-19-7-6-15(21)11-17(18)19/h3-7,10-11,13,18H,8-9,12H2,1-2H3,(H,22,23). The topological polar surface area (TPSA) is 47.6 Å². The van der Waals surface area contributed by atoms with E-state index in [1.54, 1.807) is 18.2 Å². The molecule has 1 aliphatic heterocycles. The van der Waals surface area contributed by atoms with Crippen molar-refractivity contribution in [2.45, 2.75) is 26.3 Å². The van der Waals surface area contributed by atoms with Crippen molar-refractivity contribution in [3.8, 4) is 11.5 Å². The van der Waals surface area contributed by atoms with E-state index in [0.717, 1.165) is 11.3 Å². The molecule has 0 bridgehead atoms. The monoisotopic (exact) mass is 359 g/mol. The summed E-state index contributed by atoms with van der Waals surface area (Å²) in [6.45, 7) is 5.36. The van der Waals surface area contributed by atoms with Crippen molar-refractivity contribution >= 4 is 17.5 Å². The quantitative estimate of drug-likeness (QED) is 0.846. The van der Waals surface area contributed by atoms with Crippen molar-refractivity contribution < 1.29 is 14.3 Å². The summed E-state index contributed by atoms with van der Waals surface area (Å²) in [4.78, 5) is 12.7. The van der Waals surface area contributed by atoms with Crippen LogP contribution in [0.5, 0.6) is 11.5 Å². The van der Waals surface area contributed by atoms with Crippen molar-refractivity contribution in [2.75, 3.05) is 13.2 Å². The third-order valence-corrected chi connectivity index (χ3v) is 4.23. The van der Waals surface area contributed by atoms with Crippen molar-refractivity contribution in [3.05, 3.63) is 58.6 Å². The molecular formula is C20H22ClNO3. The van der Waals surface area contributed by atoms with E-state index in [1.807, 2.05) is 24.3 Å². The highest BCUT2D eigenvalue weighted by Crippen LogP contribution is 2.34. The Kier molecular flexibility index (Phi) is 5.49. The number of rotatable bonds is 5. The SMILES string of the molecule is CC(C)COc1cccc(C(=O)NC2CCOc3ccc(Cl)cc32)c1. The molecule has 25 heavy (non-hydrogen) atoms. The fourth-order valence-electron chi connectivity index (χ4n) is 2.75. The number of carbonyl (C=O) groups is 1. The lowest BCUT2D eigenvalue weighted by atomic mass is 10.00. The molecule has 0 saturated heterocycles. The minimum atomic E-state index is -0.132. The number of hydrogen-bond donors (Lipinski definition) is 1. The highest BCUT2D eigenvalue weighted by Gasteiger charge is 2.24. The van der Waals surface area contributed by atoms with Crippen molar-refractivity contribution in [3.63, 3.8) is 0 Å². The average molecular weight is 360 g/mol. The molecule has 1 atom stereocenters. The molecule has 1 N–H and O–H groups in total. The van der Waals surface area contributed by atoms with Crippen LogP contribution in [0.4, 0.5) is 0 Å². The predicted molar refractivity (Wildman–Crippen MR) is 98.5 cm³/mol. The van der Waals surface area contributed by atoms with Crippen LogP contribution in [0.3, 0.4) is 0 Å². The van der Waals surface area contributed by atoms with Crippen LogP contribution in [0, 0.1) is 5.92 Å². The Labute approximate surface area is 153 Å². The van der Waals surface area contributed by atoms with Gasteiger partial charge in [0.2, 0.25) is 0 Å². The van der Waals surface area contributed by atoms with Crippen molar-refractivity contribution in [1.82, 2.24) is 5.32 Å². The van der Waals surface area contributed by atoms with Gasteiger partial charge in [0, 0.05) is 22.6 Å². The highest BCUT2D eigenvalue weighted by molar-refractivity contribution is 6.30. The van der Waals surface area contributed by atoms with Crippen LogP contribution in [0.1, 0.15) is 42.2 Å². The van der Waals surface area contributed by atoms with Gasteiger partial charge in [-0.25, -0.2) is 0 Å². The van der Waals surface area contributed by atoms with Gasteiger partial charge < -0.3 is 14.8 Å². The van der Waals surface area contributed by atoms with Gasteiger partial charge in [-0.3, -0.25) is 4.79 Å². The van der Waals surface area contributed by atoms with Crippen molar-refractivity contribution in [2.24, 2.45) is 5.92 Å². The first-order valence-electron chi connectivity index (χ1n) is 8.49. The van der Waals surface area contributed by atoms with Crippen LogP contribution in [-0.4, -0.2) is 19.1 Å². The summed E-state index contributed by atoms with van der Waals surface area (Å²) >= 11 is 6.09. The third kappa shape index (κ3) is 4.45. The van der Waals surface area contributed by atoms with Crippen LogP contribution in [0.2, 0.25) is 5.02 Å². The maximum atomic E-state index is 12.7. The number of halogens is 1. The maximum Gasteiger partial charge on any atom is 0.251 e. The number of benzene rings is 2. The van der Waals surface area contributed by atoms with Gasteiger partial charge in [-0.05, 0) is 42.3 Å². The molecule has 1 amide bonds. The molecule has 0 radical (unpaired) electrons. The van der Waals surface area contributed by atoms with Gasteiger partial charge in [-0.2, -0.15) is 0 Å². The molecule has 1 heterocycles. The Morgan fingerprint density at radius 2 is 2.16 bits per heavy atom. The summed E-state index contributed by atoms with van der Waals surface area (Å²) in [7, 11) is 0. The fourth-order valence-corrected chi connectivity index (χ4v) is 2.93. The largest absolute Gasteiger partial charge is 0.493 e. The smallest absolute Gasteiger partial charge is 0.251 e. The Morgan fingerprint density at radius 1 is 1.32 bits per heavy atom. The van der Waals surface area contributed by atoms with Crippen LogP contribution < -0.4 is 14.8 Å². The first-order valence-corrected chi connectivity index (χ1v) is 8.86. The van der Waals surface area contributed by atoms with E-state index in [4.69, 9.17) is 21.1 Å². The van der Waals surface area contributed by atoms with E-state index in [2.05, 4.69) is 19.2 Å². The molecule has 0 saturated carbocycles. The molecule has 0 spiro atoms. The van der Waals surface area contributed by atoms with E-state index in [0.29, 0.717) is 41.9 Å². The summed E-state index contributed by atoms with van der Waals surface area (Å²) in [6, 6.07) is 12.6. The van der Waals surface area contributed by atoms with Crippen LogP contribution >= 0.6 is 11.6 Å². The average Bonchev–Trinajstić information content (AvgIpc) is 2.60. The lowest BCUT2D eigenvalue weighted by Crippen LogP contribution is -2.32. The lowest BCUT2D eigenvalue weighted by Gasteiger charge is -2.27. The third-order valence-electron chi connectivity index (χ3n) is 4.00. The number of amides is 1. The highest BCUT2D eigenvalue weighted by atomic mass is 35.5. The molecule has 0 fully saturated rings. The summed E-state index contributed by atoms with van der Waals surface area (Å²) in [6.07, 6.45) is 0.711. The second-order valence-corrected chi connectivity index (χ2v) is 7.01. The van der Waals surface area contributed by atoms with E-state index < -0.39 is 0 Å². The van der Waals surface area contributed by atoms with E-state index in [-0.39, 0.29) is 11.9 Å². The van der Waals surface area contributed by atoms with E-state index >= 15 is 0 Å². The van der Waals surface area contributed by atoms with Gasteiger partial charge >= 0.3 is 0 Å². The summed E-state index contributed by atoms with van der Waals surface area (Å²) in [5, 5.41) is 3.71. The summed E-state index contributed by atoms with van der Waals surface area (Å²) < 4.78 is 11.3. The second kappa shape index (κ2) is 7.79. The Balaban J connectivity index is 1.73. The molecule has 5 heteroatoms. The van der Waals surface area contributed by atoms with Crippen molar-refractivity contribution in [1.29, 1.82) is 0 Å². The van der Waals surface area contributed by atoms with Crippen LogP contribution in [0.15, 0.2) is 42.5 Å². The number of carbonyl (C=O) groups excluding carboxylic acids is 1. The maximum absolute atomic E-state index is 12.7. The molecule has 2 aromatic rings. The fraction of sp³-hybridized carbons (Fsp3) is 0.350. The van der Waals surface area contributed by atoms with Gasteiger partial charge in [-0.1, -0.05) is 31.5 Å². The van der Waals surface area contributed by atoms with Gasteiger partial charge in [-0.15, -0.1) is 0 Å². The molecule has 132 valence electrons. The Bertz CT molecular complexity index is 760. The summed E-state index contributed by atoms with van der Waals surface area (Å²) in [5.74, 6) is 1.78. The van der Waals surface area contributed by atoms with E-state index in [1.165, 1.54) is 0 Å². The number of fused-ring (bicyclic) bond motifs is 1.